The molecule has 1 aromatic heterocycles. The second-order valence-electron chi connectivity index (χ2n) is 3.21. The highest BCUT2D eigenvalue weighted by Gasteiger charge is 2.22. The van der Waals surface area contributed by atoms with Crippen LogP contribution in [0.25, 0.3) is 0 Å². The van der Waals surface area contributed by atoms with Crippen molar-refractivity contribution in [2.45, 2.75) is 18.9 Å². The van der Waals surface area contributed by atoms with Gasteiger partial charge in [-0.1, -0.05) is 0 Å². The SMILES string of the molecule is COc1ccc(N)c(NC2CC2)n1. The lowest BCUT2D eigenvalue weighted by atomic mass is 10.4. The second kappa shape index (κ2) is 3.12. The van der Waals surface area contributed by atoms with Gasteiger partial charge in [0.2, 0.25) is 5.88 Å². The van der Waals surface area contributed by atoms with Crippen LogP contribution >= 0.6 is 0 Å². The van der Waals surface area contributed by atoms with Crippen molar-refractivity contribution in [1.82, 2.24) is 4.98 Å². The molecule has 0 atom stereocenters. The Bertz CT molecular complexity index is 310. The molecule has 1 aromatic rings. The van der Waals surface area contributed by atoms with E-state index in [2.05, 4.69) is 10.3 Å². The van der Waals surface area contributed by atoms with E-state index in [1.165, 1.54) is 12.8 Å². The molecule has 1 heterocycles. The maximum atomic E-state index is 5.74. The third-order valence-corrected chi connectivity index (χ3v) is 2.03. The Morgan fingerprint density at radius 2 is 2.31 bits per heavy atom. The molecule has 4 heteroatoms. The Kier molecular flexibility index (Phi) is 1.96. The van der Waals surface area contributed by atoms with Gasteiger partial charge >= 0.3 is 0 Å². The van der Waals surface area contributed by atoms with Crippen LogP contribution in [0.5, 0.6) is 5.88 Å². The van der Waals surface area contributed by atoms with Crippen molar-refractivity contribution in [1.29, 1.82) is 0 Å². The van der Waals surface area contributed by atoms with E-state index in [0.29, 0.717) is 17.6 Å². The number of nitrogen functional groups attached to an aromatic ring is 1. The number of methoxy groups -OCH3 is 1. The number of nitrogens with one attached hydrogen (secondary N) is 1. The molecule has 4 nitrogen and oxygen atoms in total. The first-order valence-electron chi connectivity index (χ1n) is 4.36. The number of hydrogen-bond acceptors (Lipinski definition) is 4. The van der Waals surface area contributed by atoms with Gasteiger partial charge in [-0.25, -0.2) is 0 Å². The summed E-state index contributed by atoms with van der Waals surface area (Å²) in [6.07, 6.45) is 2.41. The lowest BCUT2D eigenvalue weighted by molar-refractivity contribution is 0.398. The van der Waals surface area contributed by atoms with Crippen molar-refractivity contribution in [3.05, 3.63) is 12.1 Å². The molecule has 1 aliphatic rings. The zero-order chi connectivity index (χ0) is 9.26. The normalized spacial score (nSPS) is 15.5. The molecular formula is C9H13N3O. The van der Waals surface area contributed by atoms with Gasteiger partial charge in [-0.15, -0.1) is 0 Å². The summed E-state index contributed by atoms with van der Waals surface area (Å²) in [4.78, 5) is 4.21. The Morgan fingerprint density at radius 3 is 2.92 bits per heavy atom. The summed E-state index contributed by atoms with van der Waals surface area (Å²) < 4.78 is 5.01. The average Bonchev–Trinajstić information content (AvgIpc) is 2.93. The molecule has 13 heavy (non-hydrogen) atoms. The predicted molar refractivity (Wildman–Crippen MR) is 51.8 cm³/mol. The number of nitrogens with zero attached hydrogens (tertiary/aromatic N) is 1. The van der Waals surface area contributed by atoms with Crippen LogP contribution in [0.15, 0.2) is 12.1 Å². The quantitative estimate of drug-likeness (QED) is 0.733. The summed E-state index contributed by atoms with van der Waals surface area (Å²) in [6.45, 7) is 0. The van der Waals surface area contributed by atoms with Gasteiger partial charge in [-0.05, 0) is 18.9 Å². The minimum Gasteiger partial charge on any atom is -0.481 e. The zero-order valence-corrected chi connectivity index (χ0v) is 7.58. The maximum absolute atomic E-state index is 5.74. The fourth-order valence-corrected chi connectivity index (χ4v) is 1.10. The number of pyridine rings is 1. The van der Waals surface area contributed by atoms with E-state index < -0.39 is 0 Å². The second-order valence-corrected chi connectivity index (χ2v) is 3.21. The van der Waals surface area contributed by atoms with Gasteiger partial charge in [0, 0.05) is 12.1 Å². The van der Waals surface area contributed by atoms with E-state index in [1.54, 1.807) is 19.2 Å². The molecule has 2 rings (SSSR count). The highest BCUT2D eigenvalue weighted by molar-refractivity contribution is 5.62. The van der Waals surface area contributed by atoms with Crippen LogP contribution in [-0.2, 0) is 0 Å². The average molecular weight is 179 g/mol. The molecule has 0 aliphatic heterocycles. The maximum Gasteiger partial charge on any atom is 0.215 e. The van der Waals surface area contributed by atoms with Gasteiger partial charge in [0.05, 0.1) is 12.8 Å². The first-order valence-corrected chi connectivity index (χ1v) is 4.36. The summed E-state index contributed by atoms with van der Waals surface area (Å²) >= 11 is 0. The van der Waals surface area contributed by atoms with Crippen molar-refractivity contribution >= 4 is 11.5 Å². The topological polar surface area (TPSA) is 60.2 Å². The van der Waals surface area contributed by atoms with Crippen LogP contribution < -0.4 is 15.8 Å². The Morgan fingerprint density at radius 1 is 1.54 bits per heavy atom. The highest BCUT2D eigenvalue weighted by Crippen LogP contribution is 2.27. The number of nitrogens with two attached hydrogens (primary N) is 1. The van der Waals surface area contributed by atoms with Crippen molar-refractivity contribution < 1.29 is 4.74 Å². The standard InChI is InChI=1S/C9H13N3O/c1-13-8-5-4-7(10)9(12-8)11-6-2-3-6/h4-6H,2-3,10H2,1H3,(H,11,12). The summed E-state index contributed by atoms with van der Waals surface area (Å²) in [5, 5.41) is 3.24. The van der Waals surface area contributed by atoms with Crippen LogP contribution in [0.4, 0.5) is 11.5 Å². The number of hydrogen-bond donors (Lipinski definition) is 2. The van der Waals surface area contributed by atoms with Gasteiger partial charge in [-0.3, -0.25) is 0 Å². The van der Waals surface area contributed by atoms with E-state index in [-0.39, 0.29) is 0 Å². The van der Waals surface area contributed by atoms with Gasteiger partial charge in [-0.2, -0.15) is 4.98 Å². The lowest BCUT2D eigenvalue weighted by Crippen LogP contribution is -2.06. The zero-order valence-electron chi connectivity index (χ0n) is 7.58. The van der Waals surface area contributed by atoms with Crippen molar-refractivity contribution in [2.75, 3.05) is 18.2 Å². The smallest absolute Gasteiger partial charge is 0.215 e. The molecule has 0 bridgehead atoms. The Balaban J connectivity index is 2.19. The largest absolute Gasteiger partial charge is 0.481 e. The van der Waals surface area contributed by atoms with Crippen molar-refractivity contribution in [3.63, 3.8) is 0 Å². The molecular weight excluding hydrogens is 166 g/mol. The summed E-state index contributed by atoms with van der Waals surface area (Å²) in [6, 6.07) is 4.12. The first-order chi connectivity index (χ1) is 6.29. The van der Waals surface area contributed by atoms with Gasteiger partial charge < -0.3 is 15.8 Å². The molecule has 3 N–H and O–H groups in total. The summed E-state index contributed by atoms with van der Waals surface area (Å²) in [5.41, 5.74) is 6.41. The van der Waals surface area contributed by atoms with Crippen LogP contribution in [0.3, 0.4) is 0 Å². The molecule has 0 saturated heterocycles. The third-order valence-electron chi connectivity index (χ3n) is 2.03. The van der Waals surface area contributed by atoms with Crippen molar-refractivity contribution in [2.24, 2.45) is 0 Å². The fourth-order valence-electron chi connectivity index (χ4n) is 1.10. The summed E-state index contributed by atoms with van der Waals surface area (Å²) in [5.74, 6) is 1.33. The molecule has 0 unspecified atom stereocenters. The van der Waals surface area contributed by atoms with Crippen LogP contribution in [0.1, 0.15) is 12.8 Å². The first kappa shape index (κ1) is 8.16. The number of aromatic nitrogens is 1. The van der Waals surface area contributed by atoms with E-state index in [0.717, 1.165) is 5.82 Å². The van der Waals surface area contributed by atoms with Crippen LogP contribution in [0, 0.1) is 0 Å². The minimum atomic E-state index is 0.557. The Labute approximate surface area is 77.1 Å². The molecule has 0 aromatic carbocycles. The van der Waals surface area contributed by atoms with E-state index in [1.807, 2.05) is 0 Å². The van der Waals surface area contributed by atoms with E-state index >= 15 is 0 Å². The van der Waals surface area contributed by atoms with Crippen LogP contribution in [0.2, 0.25) is 0 Å². The number of ether oxygens (including phenoxy) is 1. The Hall–Kier alpha value is -1.45. The number of anilines is 2. The monoisotopic (exact) mass is 179 g/mol. The summed E-state index contributed by atoms with van der Waals surface area (Å²) in [7, 11) is 1.60. The molecule has 0 amide bonds. The van der Waals surface area contributed by atoms with Gasteiger partial charge in [0.15, 0.2) is 5.82 Å². The molecule has 1 fully saturated rings. The third kappa shape index (κ3) is 1.83. The van der Waals surface area contributed by atoms with Gasteiger partial charge in [0.25, 0.3) is 0 Å². The van der Waals surface area contributed by atoms with Crippen molar-refractivity contribution in [3.8, 4) is 5.88 Å². The molecule has 1 aliphatic carbocycles. The lowest BCUT2D eigenvalue weighted by Gasteiger charge is -2.08. The highest BCUT2D eigenvalue weighted by atomic mass is 16.5. The van der Waals surface area contributed by atoms with E-state index in [4.69, 9.17) is 10.5 Å². The molecule has 0 spiro atoms. The molecule has 0 radical (unpaired) electrons. The number of rotatable bonds is 3. The minimum absolute atomic E-state index is 0.557. The fraction of sp³-hybridized carbons (Fsp3) is 0.444. The van der Waals surface area contributed by atoms with E-state index in [9.17, 15) is 0 Å². The van der Waals surface area contributed by atoms with Gasteiger partial charge in [0.1, 0.15) is 0 Å². The molecule has 1 saturated carbocycles. The predicted octanol–water partition coefficient (Wildman–Crippen LogP) is 1.25. The molecule has 70 valence electrons. The van der Waals surface area contributed by atoms with Crippen LogP contribution in [-0.4, -0.2) is 18.1 Å².